The SMILES string of the molecule is C#CC[N+](C)(C)CCCCO[C@@H]1OC[C@H](OC(=O)CCC)[C@H](OC(=O)CCC)[C@H]1OC(=O)CCC.[Br-]. The molecule has 0 aromatic rings. The van der Waals surface area contributed by atoms with Gasteiger partial charge in [0.15, 0.2) is 24.6 Å². The molecule has 208 valence electrons. The van der Waals surface area contributed by atoms with Crippen LogP contribution in [0.5, 0.6) is 0 Å². The third-order valence-electron chi connectivity index (χ3n) is 5.52. The zero-order valence-corrected chi connectivity index (χ0v) is 24.0. The van der Waals surface area contributed by atoms with Crippen LogP contribution in [0.4, 0.5) is 0 Å². The van der Waals surface area contributed by atoms with Gasteiger partial charge in [-0.05, 0) is 38.0 Å². The molecule has 0 amide bonds. The van der Waals surface area contributed by atoms with Gasteiger partial charge in [-0.25, -0.2) is 0 Å². The molecular weight excluding hydrogens is 534 g/mol. The molecule has 9 nitrogen and oxygen atoms in total. The first-order valence-electron chi connectivity index (χ1n) is 12.7. The zero-order valence-electron chi connectivity index (χ0n) is 22.5. The Morgan fingerprint density at radius 2 is 1.42 bits per heavy atom. The fourth-order valence-electron chi connectivity index (χ4n) is 3.68. The van der Waals surface area contributed by atoms with Gasteiger partial charge in [-0.3, -0.25) is 14.4 Å². The van der Waals surface area contributed by atoms with Gasteiger partial charge in [-0.1, -0.05) is 20.8 Å². The minimum atomic E-state index is -1.04. The van der Waals surface area contributed by atoms with E-state index < -0.39 is 42.5 Å². The lowest BCUT2D eigenvalue weighted by molar-refractivity contribution is -0.883. The van der Waals surface area contributed by atoms with Crippen molar-refractivity contribution in [3.63, 3.8) is 0 Å². The number of hydrogen-bond donors (Lipinski definition) is 0. The van der Waals surface area contributed by atoms with Gasteiger partial charge >= 0.3 is 17.9 Å². The molecule has 0 aromatic carbocycles. The third kappa shape index (κ3) is 13.0. The van der Waals surface area contributed by atoms with E-state index >= 15 is 0 Å². The molecule has 0 spiro atoms. The van der Waals surface area contributed by atoms with Crippen LogP contribution >= 0.6 is 0 Å². The summed E-state index contributed by atoms with van der Waals surface area (Å²) >= 11 is 0. The summed E-state index contributed by atoms with van der Waals surface area (Å²) < 4.78 is 29.4. The first kappa shape index (κ1) is 34.3. The van der Waals surface area contributed by atoms with Gasteiger partial charge in [0.05, 0.1) is 33.9 Å². The lowest BCUT2D eigenvalue weighted by Gasteiger charge is -2.40. The Balaban J connectivity index is 0.0000122. The Labute approximate surface area is 226 Å². The maximum Gasteiger partial charge on any atom is 0.306 e. The second-order valence-corrected chi connectivity index (χ2v) is 9.49. The summed E-state index contributed by atoms with van der Waals surface area (Å²) in [5.41, 5.74) is 0. The number of nitrogens with zero attached hydrogens (tertiary/aromatic N) is 1. The summed E-state index contributed by atoms with van der Waals surface area (Å²) in [6.07, 6.45) is 5.59. The highest BCUT2D eigenvalue weighted by atomic mass is 79.9. The fraction of sp³-hybridized carbons (Fsp3) is 0.808. The van der Waals surface area contributed by atoms with Crippen molar-refractivity contribution in [1.82, 2.24) is 0 Å². The number of quaternary nitrogens is 1. The Hall–Kier alpha value is -1.67. The van der Waals surface area contributed by atoms with Crippen molar-refractivity contribution in [2.45, 2.75) is 96.7 Å². The average molecular weight is 579 g/mol. The van der Waals surface area contributed by atoms with E-state index in [2.05, 4.69) is 20.0 Å². The van der Waals surface area contributed by atoms with E-state index in [1.165, 1.54) is 0 Å². The van der Waals surface area contributed by atoms with E-state index in [-0.39, 0.29) is 42.9 Å². The summed E-state index contributed by atoms with van der Waals surface area (Å²) in [6, 6.07) is 0. The van der Waals surface area contributed by atoms with Crippen LogP contribution in [0.1, 0.15) is 72.1 Å². The topological polar surface area (TPSA) is 97.4 Å². The van der Waals surface area contributed by atoms with E-state index in [4.69, 9.17) is 30.1 Å². The number of unbranched alkanes of at least 4 members (excludes halogenated alkanes) is 1. The average Bonchev–Trinajstić information content (AvgIpc) is 2.77. The van der Waals surface area contributed by atoms with E-state index in [1.54, 1.807) is 0 Å². The Morgan fingerprint density at radius 3 is 1.94 bits per heavy atom. The number of carbonyl (C=O) groups excluding carboxylic acids is 3. The molecule has 0 aliphatic carbocycles. The number of carbonyl (C=O) groups is 3. The van der Waals surface area contributed by atoms with E-state index in [1.807, 2.05) is 20.8 Å². The quantitative estimate of drug-likeness (QED) is 0.0830. The Bertz CT molecular complexity index is 709. The Kier molecular flexibility index (Phi) is 17.7. The molecule has 0 radical (unpaired) electrons. The monoisotopic (exact) mass is 577 g/mol. The van der Waals surface area contributed by atoms with Crippen LogP contribution in [0, 0.1) is 12.3 Å². The molecule has 1 aliphatic heterocycles. The summed E-state index contributed by atoms with van der Waals surface area (Å²) in [4.78, 5) is 37.0. The number of rotatable bonds is 16. The maximum atomic E-state index is 12.4. The number of halogens is 1. The van der Waals surface area contributed by atoms with Crippen molar-refractivity contribution in [3.05, 3.63) is 0 Å². The maximum absolute atomic E-state index is 12.4. The molecule has 10 heteroatoms. The molecule has 36 heavy (non-hydrogen) atoms. The molecular formula is C26H44BrNO8. The molecule has 1 saturated heterocycles. The van der Waals surface area contributed by atoms with Crippen LogP contribution < -0.4 is 17.0 Å². The lowest BCUT2D eigenvalue weighted by Crippen LogP contribution is -3.00. The second-order valence-electron chi connectivity index (χ2n) is 9.49. The number of esters is 3. The van der Waals surface area contributed by atoms with Gasteiger partial charge in [0.2, 0.25) is 0 Å². The second kappa shape index (κ2) is 18.6. The largest absolute Gasteiger partial charge is 1.00 e. The van der Waals surface area contributed by atoms with Crippen LogP contribution in [0.2, 0.25) is 0 Å². The fourth-order valence-corrected chi connectivity index (χ4v) is 3.68. The van der Waals surface area contributed by atoms with Gasteiger partial charge in [0.1, 0.15) is 6.54 Å². The van der Waals surface area contributed by atoms with E-state index in [0.717, 1.165) is 19.4 Å². The number of hydrogen-bond acceptors (Lipinski definition) is 8. The van der Waals surface area contributed by atoms with Crippen LogP contribution in [0.15, 0.2) is 0 Å². The van der Waals surface area contributed by atoms with Gasteiger partial charge in [0.25, 0.3) is 0 Å². The van der Waals surface area contributed by atoms with Crippen LogP contribution in [-0.4, -0.2) is 87.4 Å². The van der Waals surface area contributed by atoms with E-state index in [0.29, 0.717) is 36.9 Å². The molecule has 0 aromatic heterocycles. The van der Waals surface area contributed by atoms with Crippen molar-refractivity contribution in [2.75, 3.05) is 40.4 Å². The molecule has 0 bridgehead atoms. The molecule has 0 saturated carbocycles. The van der Waals surface area contributed by atoms with Crippen molar-refractivity contribution < 1.29 is 59.5 Å². The third-order valence-corrected chi connectivity index (χ3v) is 5.52. The van der Waals surface area contributed by atoms with Crippen LogP contribution in [0.3, 0.4) is 0 Å². The Morgan fingerprint density at radius 1 is 0.889 bits per heavy atom. The zero-order chi connectivity index (χ0) is 26.3. The molecule has 1 fully saturated rings. The highest BCUT2D eigenvalue weighted by molar-refractivity contribution is 5.71. The highest BCUT2D eigenvalue weighted by Crippen LogP contribution is 2.26. The standard InChI is InChI=1S/C26H44NO8.BrH/c1-7-13-21(28)33-20-19-32-26(31-18-12-11-17-27(5,6)16-10-4)25(35-23(30)15-9-3)24(20)34-22(29)14-8-2;/h4,20,24-26H,7-9,11-19H2,1-3,5-6H3;1H/q+1;/p-1/t20-,24-,25+,26+;/m0./s1. The van der Waals surface area contributed by atoms with Crippen molar-refractivity contribution in [1.29, 1.82) is 0 Å². The van der Waals surface area contributed by atoms with Gasteiger partial charge in [-0.2, -0.15) is 0 Å². The molecule has 1 aliphatic rings. The first-order valence-corrected chi connectivity index (χ1v) is 12.7. The first-order chi connectivity index (χ1) is 16.7. The minimum Gasteiger partial charge on any atom is -1.00 e. The van der Waals surface area contributed by atoms with Gasteiger partial charge < -0.3 is 45.1 Å². The highest BCUT2D eigenvalue weighted by Gasteiger charge is 2.48. The summed E-state index contributed by atoms with van der Waals surface area (Å²) in [6.45, 7) is 7.45. The molecule has 1 heterocycles. The number of ether oxygens (including phenoxy) is 5. The van der Waals surface area contributed by atoms with Crippen molar-refractivity contribution in [2.24, 2.45) is 0 Å². The summed E-state index contributed by atoms with van der Waals surface area (Å²) in [7, 11) is 4.15. The van der Waals surface area contributed by atoms with Crippen LogP contribution in [0.25, 0.3) is 0 Å². The van der Waals surface area contributed by atoms with E-state index in [9.17, 15) is 14.4 Å². The lowest BCUT2D eigenvalue weighted by atomic mass is 10.0. The normalized spacial score (nSPS) is 21.6. The minimum absolute atomic E-state index is 0. The predicted octanol–water partition coefficient (Wildman–Crippen LogP) is -0.0112. The molecule has 4 atom stereocenters. The van der Waals surface area contributed by atoms with Crippen LogP contribution in [-0.2, 0) is 38.1 Å². The summed E-state index contributed by atoms with van der Waals surface area (Å²) in [5, 5.41) is 0. The summed E-state index contributed by atoms with van der Waals surface area (Å²) in [5.74, 6) is 1.34. The molecule has 1 rings (SSSR count). The number of terminal acetylenes is 1. The van der Waals surface area contributed by atoms with Gasteiger partial charge in [-0.15, -0.1) is 6.42 Å². The predicted molar refractivity (Wildman–Crippen MR) is 130 cm³/mol. The van der Waals surface area contributed by atoms with Gasteiger partial charge in [0, 0.05) is 19.3 Å². The molecule has 0 unspecified atom stereocenters. The van der Waals surface area contributed by atoms with Crippen molar-refractivity contribution >= 4 is 17.9 Å². The molecule has 0 N–H and O–H groups in total. The smallest absolute Gasteiger partial charge is 0.306 e. The van der Waals surface area contributed by atoms with Crippen molar-refractivity contribution in [3.8, 4) is 12.3 Å².